The molecule has 0 saturated heterocycles. The van der Waals surface area contributed by atoms with Gasteiger partial charge in [-0.1, -0.05) is 61.4 Å². The Kier molecular flexibility index (Phi) is 8.80. The standard InChI is InChI=1S/C27H34F3NO3Si/c1-35(2,3)34-24(32)16-6-4-5-11-19-31(26(33)27(28,29)30)25-22-14-9-7-12-20(22)17-18-21-13-8-10-15-23(21)25/h7-10,12-15,25H,4-6,11,16-19H2,1-3H3. The van der Waals surface area contributed by atoms with Gasteiger partial charge in [-0.05, 0) is 67.6 Å². The van der Waals surface area contributed by atoms with Crippen LogP contribution in [-0.2, 0) is 26.9 Å². The summed E-state index contributed by atoms with van der Waals surface area (Å²) in [5, 5.41) is 0. The molecule has 0 N–H and O–H groups in total. The van der Waals surface area contributed by atoms with E-state index in [4.69, 9.17) is 4.43 Å². The zero-order chi connectivity index (χ0) is 25.6. The van der Waals surface area contributed by atoms with E-state index in [9.17, 15) is 22.8 Å². The lowest BCUT2D eigenvalue weighted by Gasteiger charge is -2.34. The lowest BCUT2D eigenvalue weighted by molar-refractivity contribution is -0.187. The van der Waals surface area contributed by atoms with Crippen LogP contribution < -0.4 is 0 Å². The number of nitrogens with zero attached hydrogens (tertiary/aromatic N) is 1. The Morgan fingerprint density at radius 1 is 0.886 bits per heavy atom. The maximum atomic E-state index is 13.7. The summed E-state index contributed by atoms with van der Waals surface area (Å²) in [6, 6.07) is 14.2. The van der Waals surface area contributed by atoms with Gasteiger partial charge in [0.05, 0.1) is 6.04 Å². The molecule has 8 heteroatoms. The van der Waals surface area contributed by atoms with Crippen molar-refractivity contribution in [3.63, 3.8) is 0 Å². The third-order valence-electron chi connectivity index (χ3n) is 6.13. The van der Waals surface area contributed by atoms with Crippen LogP contribution in [0.1, 0.15) is 60.4 Å². The molecule has 190 valence electrons. The molecule has 0 fully saturated rings. The summed E-state index contributed by atoms with van der Waals surface area (Å²) in [5.41, 5.74) is 3.44. The smallest absolute Gasteiger partial charge is 0.471 e. The van der Waals surface area contributed by atoms with Crippen molar-refractivity contribution in [1.82, 2.24) is 4.90 Å². The van der Waals surface area contributed by atoms with Crippen LogP contribution >= 0.6 is 0 Å². The molecule has 0 unspecified atom stereocenters. The Hall–Kier alpha value is -2.61. The van der Waals surface area contributed by atoms with Crippen molar-refractivity contribution in [2.24, 2.45) is 0 Å². The van der Waals surface area contributed by atoms with Crippen LogP contribution in [0, 0.1) is 0 Å². The molecule has 1 aliphatic rings. The van der Waals surface area contributed by atoms with Gasteiger partial charge in [0.2, 0.25) is 8.32 Å². The quantitative estimate of drug-likeness (QED) is 0.285. The number of alkyl halides is 3. The normalized spacial score (nSPS) is 14.0. The number of halogens is 3. The first kappa shape index (κ1) is 27.0. The molecular weight excluding hydrogens is 471 g/mol. The highest BCUT2D eigenvalue weighted by Crippen LogP contribution is 2.38. The highest BCUT2D eigenvalue weighted by Gasteiger charge is 2.45. The summed E-state index contributed by atoms with van der Waals surface area (Å²) in [4.78, 5) is 25.6. The number of rotatable bonds is 9. The fourth-order valence-electron chi connectivity index (χ4n) is 4.64. The maximum absolute atomic E-state index is 13.7. The second kappa shape index (κ2) is 11.4. The Balaban J connectivity index is 1.76. The van der Waals surface area contributed by atoms with E-state index in [1.807, 2.05) is 68.2 Å². The van der Waals surface area contributed by atoms with Crippen LogP contribution in [0.5, 0.6) is 0 Å². The van der Waals surface area contributed by atoms with Gasteiger partial charge >= 0.3 is 12.1 Å². The SMILES string of the molecule is C[Si](C)(C)OC(=O)CCCCCCN(C(=O)C(F)(F)F)C1c2ccccc2CCc2ccccc21. The Labute approximate surface area is 206 Å². The molecule has 0 aromatic heterocycles. The summed E-state index contributed by atoms with van der Waals surface area (Å²) < 4.78 is 46.6. The zero-order valence-electron chi connectivity index (χ0n) is 20.7. The van der Waals surface area contributed by atoms with Gasteiger partial charge in [0.25, 0.3) is 5.97 Å². The van der Waals surface area contributed by atoms with Crippen molar-refractivity contribution >= 4 is 20.2 Å². The highest BCUT2D eigenvalue weighted by atomic mass is 28.4. The summed E-state index contributed by atoms with van der Waals surface area (Å²) in [7, 11) is -1.92. The molecule has 1 amide bonds. The summed E-state index contributed by atoms with van der Waals surface area (Å²) in [5.74, 6) is -2.03. The van der Waals surface area contributed by atoms with E-state index in [-0.39, 0.29) is 12.5 Å². The number of hydrogen-bond acceptors (Lipinski definition) is 3. The summed E-state index contributed by atoms with van der Waals surface area (Å²) in [6.45, 7) is 5.83. The van der Waals surface area contributed by atoms with Crippen molar-refractivity contribution in [3.05, 3.63) is 70.8 Å². The van der Waals surface area contributed by atoms with Gasteiger partial charge in [0.1, 0.15) is 0 Å². The van der Waals surface area contributed by atoms with Crippen LogP contribution in [0.3, 0.4) is 0 Å². The Morgan fingerprint density at radius 2 is 1.40 bits per heavy atom. The van der Waals surface area contributed by atoms with Crippen molar-refractivity contribution in [2.45, 2.75) is 76.8 Å². The predicted octanol–water partition coefficient (Wildman–Crippen LogP) is 6.59. The summed E-state index contributed by atoms with van der Waals surface area (Å²) >= 11 is 0. The number of amides is 1. The van der Waals surface area contributed by atoms with Crippen molar-refractivity contribution in [1.29, 1.82) is 0 Å². The van der Waals surface area contributed by atoms with E-state index >= 15 is 0 Å². The predicted molar refractivity (Wildman–Crippen MR) is 132 cm³/mol. The topological polar surface area (TPSA) is 46.6 Å². The van der Waals surface area contributed by atoms with E-state index < -0.39 is 26.4 Å². The minimum absolute atomic E-state index is 0.00890. The van der Waals surface area contributed by atoms with Crippen LogP contribution in [0.15, 0.2) is 48.5 Å². The number of hydrogen-bond donors (Lipinski definition) is 0. The molecule has 0 atom stereocenters. The zero-order valence-corrected chi connectivity index (χ0v) is 21.7. The van der Waals surface area contributed by atoms with Gasteiger partial charge in [-0.3, -0.25) is 9.59 Å². The molecule has 0 bridgehead atoms. The van der Waals surface area contributed by atoms with Gasteiger partial charge in [0.15, 0.2) is 0 Å². The second-order valence-corrected chi connectivity index (χ2v) is 14.5. The molecule has 0 saturated carbocycles. The molecular formula is C27H34F3NO3Si. The minimum Gasteiger partial charge on any atom is -0.520 e. The first-order valence-corrected chi connectivity index (χ1v) is 15.6. The van der Waals surface area contributed by atoms with Crippen LogP contribution in [0.2, 0.25) is 19.6 Å². The average Bonchev–Trinajstić information content (AvgIpc) is 2.94. The van der Waals surface area contributed by atoms with Crippen molar-refractivity contribution in [3.8, 4) is 0 Å². The molecule has 0 aliphatic heterocycles. The van der Waals surface area contributed by atoms with Gasteiger partial charge < -0.3 is 9.33 Å². The molecule has 0 heterocycles. The minimum atomic E-state index is -4.96. The van der Waals surface area contributed by atoms with Gasteiger partial charge in [-0.2, -0.15) is 13.2 Å². The Bertz CT molecular complexity index is 985. The van der Waals surface area contributed by atoms with E-state index in [1.54, 1.807) is 0 Å². The first-order valence-electron chi connectivity index (χ1n) is 12.2. The van der Waals surface area contributed by atoms with Crippen LogP contribution in [0.25, 0.3) is 0 Å². The number of aryl methyl sites for hydroxylation is 2. The molecule has 0 radical (unpaired) electrons. The fraction of sp³-hybridized carbons (Fsp3) is 0.481. The maximum Gasteiger partial charge on any atom is 0.471 e. The number of carbonyl (C=O) groups is 2. The van der Waals surface area contributed by atoms with Crippen LogP contribution in [0.4, 0.5) is 13.2 Å². The molecule has 35 heavy (non-hydrogen) atoms. The number of benzene rings is 2. The highest BCUT2D eigenvalue weighted by molar-refractivity contribution is 6.71. The molecule has 4 nitrogen and oxygen atoms in total. The molecule has 2 aromatic rings. The number of fused-ring (bicyclic) bond motifs is 2. The van der Waals surface area contributed by atoms with E-state index in [0.717, 1.165) is 27.2 Å². The van der Waals surface area contributed by atoms with E-state index in [1.165, 1.54) is 0 Å². The second-order valence-electron chi connectivity index (χ2n) is 10.0. The van der Waals surface area contributed by atoms with E-state index in [2.05, 4.69) is 0 Å². The van der Waals surface area contributed by atoms with Gasteiger partial charge in [-0.15, -0.1) is 0 Å². The third kappa shape index (κ3) is 7.43. The first-order chi connectivity index (χ1) is 16.5. The van der Waals surface area contributed by atoms with Crippen molar-refractivity contribution < 1.29 is 27.2 Å². The third-order valence-corrected chi connectivity index (χ3v) is 6.97. The molecule has 1 aliphatic carbocycles. The lowest BCUT2D eigenvalue weighted by Crippen LogP contribution is -2.44. The largest absolute Gasteiger partial charge is 0.520 e. The molecule has 2 aromatic carbocycles. The van der Waals surface area contributed by atoms with E-state index in [0.29, 0.717) is 44.9 Å². The molecule has 3 rings (SSSR count). The number of carbonyl (C=O) groups excluding carboxylic acids is 2. The Morgan fingerprint density at radius 3 is 1.91 bits per heavy atom. The van der Waals surface area contributed by atoms with Crippen LogP contribution in [-0.4, -0.2) is 37.8 Å². The fourth-order valence-corrected chi connectivity index (χ4v) is 5.42. The van der Waals surface area contributed by atoms with Crippen molar-refractivity contribution in [2.75, 3.05) is 6.54 Å². The lowest BCUT2D eigenvalue weighted by atomic mass is 9.92. The van der Waals surface area contributed by atoms with Gasteiger partial charge in [-0.25, -0.2) is 0 Å². The van der Waals surface area contributed by atoms with Gasteiger partial charge in [0, 0.05) is 13.0 Å². The number of unbranched alkanes of at least 4 members (excludes halogenated alkanes) is 3. The molecule has 0 spiro atoms. The summed E-state index contributed by atoms with van der Waals surface area (Å²) in [6.07, 6.45) is -0.881. The monoisotopic (exact) mass is 505 g/mol. The average molecular weight is 506 g/mol.